The molecule has 2 N–H and O–H groups in total. The minimum atomic E-state index is -0.0531. The zero-order chi connectivity index (χ0) is 13.7. The van der Waals surface area contributed by atoms with Gasteiger partial charge in [-0.15, -0.1) is 11.3 Å². The molecule has 0 fully saturated rings. The van der Waals surface area contributed by atoms with E-state index in [-0.39, 0.29) is 6.04 Å². The molecule has 0 radical (unpaired) electrons. The van der Waals surface area contributed by atoms with Crippen LogP contribution in [0.25, 0.3) is 0 Å². The van der Waals surface area contributed by atoms with Crippen LogP contribution in [0.1, 0.15) is 23.4 Å². The fraction of sp³-hybridized carbons (Fsp3) is 0.333. The van der Waals surface area contributed by atoms with E-state index in [1.807, 2.05) is 25.1 Å². The van der Waals surface area contributed by atoms with Crippen LogP contribution in [-0.2, 0) is 6.42 Å². The van der Waals surface area contributed by atoms with Crippen molar-refractivity contribution in [1.29, 1.82) is 0 Å². The molecule has 0 bridgehead atoms. The second-order valence-corrected chi connectivity index (χ2v) is 5.40. The second-order valence-electron chi connectivity index (χ2n) is 4.37. The van der Waals surface area contributed by atoms with Crippen LogP contribution < -0.4 is 15.2 Å². The first-order chi connectivity index (χ1) is 9.20. The van der Waals surface area contributed by atoms with Crippen LogP contribution in [0.15, 0.2) is 35.7 Å². The van der Waals surface area contributed by atoms with E-state index in [0.717, 1.165) is 23.5 Å². The molecule has 0 amide bonds. The molecule has 1 atom stereocenters. The molecule has 3 nitrogen and oxygen atoms in total. The van der Waals surface area contributed by atoms with E-state index in [0.29, 0.717) is 6.61 Å². The van der Waals surface area contributed by atoms with E-state index in [4.69, 9.17) is 15.2 Å². The Labute approximate surface area is 118 Å². The average Bonchev–Trinajstić information content (AvgIpc) is 2.91. The normalized spacial score (nSPS) is 12.2. The third-order valence-electron chi connectivity index (χ3n) is 2.90. The van der Waals surface area contributed by atoms with E-state index < -0.39 is 0 Å². The van der Waals surface area contributed by atoms with E-state index in [2.05, 4.69) is 17.5 Å². The smallest absolute Gasteiger partial charge is 0.127 e. The first-order valence-corrected chi connectivity index (χ1v) is 7.17. The third-order valence-corrected chi connectivity index (χ3v) is 3.83. The fourth-order valence-corrected chi connectivity index (χ4v) is 2.55. The summed E-state index contributed by atoms with van der Waals surface area (Å²) in [6.45, 7) is 2.60. The molecule has 1 aromatic heterocycles. The molecule has 0 saturated heterocycles. The molecule has 2 aromatic rings. The van der Waals surface area contributed by atoms with Gasteiger partial charge < -0.3 is 15.2 Å². The lowest BCUT2D eigenvalue weighted by Crippen LogP contribution is -2.09. The van der Waals surface area contributed by atoms with Crippen LogP contribution in [0.2, 0.25) is 0 Å². The Balaban J connectivity index is 2.04. The van der Waals surface area contributed by atoms with Gasteiger partial charge in [0.25, 0.3) is 0 Å². The highest BCUT2D eigenvalue weighted by molar-refractivity contribution is 7.09. The minimum absolute atomic E-state index is 0.0531. The number of ether oxygens (including phenoxy) is 2. The standard InChI is InChI=1S/C15H19NO2S/c1-11(16)14-6-5-12(17-2)10-15(14)18-8-7-13-4-3-9-19-13/h3-6,9-11H,7-8,16H2,1-2H3/t11-/m1/s1. The predicted octanol–water partition coefficient (Wildman–Crippen LogP) is 3.40. The van der Waals surface area contributed by atoms with Crippen molar-refractivity contribution in [2.45, 2.75) is 19.4 Å². The monoisotopic (exact) mass is 277 g/mol. The lowest BCUT2D eigenvalue weighted by atomic mass is 10.1. The van der Waals surface area contributed by atoms with Crippen molar-refractivity contribution < 1.29 is 9.47 Å². The summed E-state index contributed by atoms with van der Waals surface area (Å²) < 4.78 is 11.1. The zero-order valence-electron chi connectivity index (χ0n) is 11.3. The van der Waals surface area contributed by atoms with Gasteiger partial charge in [0.2, 0.25) is 0 Å². The summed E-state index contributed by atoms with van der Waals surface area (Å²) in [5.74, 6) is 1.60. The molecule has 0 aliphatic heterocycles. The Hall–Kier alpha value is -1.52. The maximum Gasteiger partial charge on any atom is 0.127 e. The predicted molar refractivity (Wildman–Crippen MR) is 79.1 cm³/mol. The largest absolute Gasteiger partial charge is 0.497 e. The van der Waals surface area contributed by atoms with E-state index in [1.165, 1.54) is 4.88 Å². The van der Waals surface area contributed by atoms with Gasteiger partial charge in [-0.05, 0) is 24.4 Å². The van der Waals surface area contributed by atoms with Crippen LogP contribution in [-0.4, -0.2) is 13.7 Å². The molecule has 2 rings (SSSR count). The summed E-state index contributed by atoms with van der Waals surface area (Å²) in [5, 5.41) is 2.08. The van der Waals surface area contributed by atoms with Crippen molar-refractivity contribution in [2.75, 3.05) is 13.7 Å². The topological polar surface area (TPSA) is 44.5 Å². The number of nitrogens with two attached hydrogens (primary N) is 1. The van der Waals surface area contributed by atoms with E-state index >= 15 is 0 Å². The van der Waals surface area contributed by atoms with Crippen molar-refractivity contribution in [2.24, 2.45) is 5.73 Å². The lowest BCUT2D eigenvalue weighted by Gasteiger charge is -2.15. The van der Waals surface area contributed by atoms with E-state index in [9.17, 15) is 0 Å². The van der Waals surface area contributed by atoms with Crippen molar-refractivity contribution in [1.82, 2.24) is 0 Å². The number of hydrogen-bond acceptors (Lipinski definition) is 4. The van der Waals surface area contributed by atoms with Crippen molar-refractivity contribution in [3.63, 3.8) is 0 Å². The van der Waals surface area contributed by atoms with Gasteiger partial charge in [-0.3, -0.25) is 0 Å². The van der Waals surface area contributed by atoms with Gasteiger partial charge in [-0.25, -0.2) is 0 Å². The highest BCUT2D eigenvalue weighted by Gasteiger charge is 2.09. The molecule has 1 heterocycles. The molecule has 0 aliphatic rings. The lowest BCUT2D eigenvalue weighted by molar-refractivity contribution is 0.315. The summed E-state index contributed by atoms with van der Waals surface area (Å²) >= 11 is 1.75. The highest BCUT2D eigenvalue weighted by Crippen LogP contribution is 2.28. The van der Waals surface area contributed by atoms with Crippen LogP contribution >= 0.6 is 11.3 Å². The third kappa shape index (κ3) is 3.72. The Morgan fingerprint density at radius 2 is 2.16 bits per heavy atom. The van der Waals surface area contributed by atoms with Crippen LogP contribution in [0.5, 0.6) is 11.5 Å². The van der Waals surface area contributed by atoms with Crippen LogP contribution in [0.3, 0.4) is 0 Å². The van der Waals surface area contributed by atoms with Crippen molar-refractivity contribution in [3.05, 3.63) is 46.2 Å². The van der Waals surface area contributed by atoms with E-state index in [1.54, 1.807) is 18.4 Å². The maximum absolute atomic E-state index is 5.95. The molecule has 0 saturated carbocycles. The Morgan fingerprint density at radius 1 is 1.32 bits per heavy atom. The number of rotatable bonds is 6. The van der Waals surface area contributed by atoms with Gasteiger partial charge in [0.05, 0.1) is 13.7 Å². The van der Waals surface area contributed by atoms with Gasteiger partial charge in [0.1, 0.15) is 11.5 Å². The first kappa shape index (κ1) is 13.9. The number of benzene rings is 1. The Morgan fingerprint density at radius 3 is 2.79 bits per heavy atom. The molecule has 19 heavy (non-hydrogen) atoms. The van der Waals surface area contributed by atoms with Gasteiger partial charge in [0.15, 0.2) is 0 Å². The first-order valence-electron chi connectivity index (χ1n) is 6.29. The SMILES string of the molecule is COc1ccc([C@@H](C)N)c(OCCc2cccs2)c1. The van der Waals surface area contributed by atoms with Crippen molar-refractivity contribution in [3.8, 4) is 11.5 Å². The minimum Gasteiger partial charge on any atom is -0.497 e. The quantitative estimate of drug-likeness (QED) is 0.880. The van der Waals surface area contributed by atoms with Crippen LogP contribution in [0, 0.1) is 0 Å². The maximum atomic E-state index is 5.95. The molecule has 1 aromatic carbocycles. The fourth-order valence-electron chi connectivity index (χ4n) is 1.86. The molecule has 0 aliphatic carbocycles. The average molecular weight is 277 g/mol. The molecule has 0 spiro atoms. The molecule has 4 heteroatoms. The second kappa shape index (κ2) is 6.59. The molecule has 0 unspecified atom stereocenters. The van der Waals surface area contributed by atoms with Crippen LogP contribution in [0.4, 0.5) is 0 Å². The Kier molecular flexibility index (Phi) is 4.82. The summed E-state index contributed by atoms with van der Waals surface area (Å²) in [6, 6.07) is 9.88. The molecular formula is C15H19NO2S. The van der Waals surface area contributed by atoms with Gasteiger partial charge in [-0.2, -0.15) is 0 Å². The summed E-state index contributed by atoms with van der Waals surface area (Å²) in [6.07, 6.45) is 0.910. The highest BCUT2D eigenvalue weighted by atomic mass is 32.1. The number of thiophene rings is 1. The number of hydrogen-bond donors (Lipinski definition) is 1. The molecule has 102 valence electrons. The zero-order valence-corrected chi connectivity index (χ0v) is 12.1. The van der Waals surface area contributed by atoms with Gasteiger partial charge >= 0.3 is 0 Å². The van der Waals surface area contributed by atoms with Gasteiger partial charge in [0, 0.05) is 29.0 Å². The molecular weight excluding hydrogens is 258 g/mol. The number of methoxy groups -OCH3 is 1. The van der Waals surface area contributed by atoms with Gasteiger partial charge in [-0.1, -0.05) is 12.1 Å². The summed E-state index contributed by atoms with van der Waals surface area (Å²) in [7, 11) is 1.65. The van der Waals surface area contributed by atoms with Crippen molar-refractivity contribution >= 4 is 11.3 Å². The summed E-state index contributed by atoms with van der Waals surface area (Å²) in [4.78, 5) is 1.32. The Bertz CT molecular complexity index is 509. The summed E-state index contributed by atoms with van der Waals surface area (Å²) in [5.41, 5.74) is 6.96.